The predicted octanol–water partition coefficient (Wildman–Crippen LogP) is 8.27. The Labute approximate surface area is 435 Å². The SMILES string of the molecule is CC(C)(C)C(=O)n1nc(-c2cc[nH]c(=O)c2)cc1CCc1ccc(Cl)s1.CC(C)(C)C(=O)n1nc(-c2ccn(CC(=O)N3CCOCC3)c(=O)c2)cc1CCc1ccc(Cl)s1.O=C(CCl)N1CCOCC1. The number of ether oxygens (including phenoxy) is 2. The molecule has 0 bridgehead atoms. The zero-order valence-corrected chi connectivity index (χ0v) is 44.6. The van der Waals surface area contributed by atoms with Crippen molar-refractivity contribution < 1.29 is 28.7 Å². The van der Waals surface area contributed by atoms with E-state index >= 15 is 0 Å². The molecule has 16 nitrogen and oxygen atoms in total. The molecular weight excluding hydrogens is 1010 g/mol. The molecule has 0 spiro atoms. The Bertz CT molecular complexity index is 2910. The van der Waals surface area contributed by atoms with Gasteiger partial charge in [0.05, 0.1) is 46.5 Å². The summed E-state index contributed by atoms with van der Waals surface area (Å²) in [4.78, 5) is 82.0. The van der Waals surface area contributed by atoms with Gasteiger partial charge in [-0.2, -0.15) is 10.2 Å². The molecule has 2 amide bonds. The van der Waals surface area contributed by atoms with Crippen LogP contribution in [-0.2, 0) is 51.3 Å². The number of aromatic amines is 1. The Hall–Kier alpha value is -5.21. The van der Waals surface area contributed by atoms with E-state index in [0.29, 0.717) is 88.0 Å². The van der Waals surface area contributed by atoms with Crippen LogP contribution in [-0.4, -0.2) is 121 Å². The second-order valence-corrected chi connectivity index (χ2v) is 22.7. The minimum Gasteiger partial charge on any atom is -0.378 e. The third-order valence-corrected chi connectivity index (χ3v) is 14.1. The molecule has 0 saturated carbocycles. The summed E-state index contributed by atoms with van der Waals surface area (Å²) >= 11 is 20.5. The Balaban J connectivity index is 0.000000200. The van der Waals surface area contributed by atoms with E-state index in [4.69, 9.17) is 44.3 Å². The van der Waals surface area contributed by atoms with Gasteiger partial charge in [0.15, 0.2) is 0 Å². The molecule has 8 heterocycles. The van der Waals surface area contributed by atoms with Gasteiger partial charge in [-0.15, -0.1) is 34.3 Å². The number of nitrogens with zero attached hydrogens (tertiary/aromatic N) is 7. The van der Waals surface area contributed by atoms with Crippen molar-refractivity contribution in [2.75, 3.05) is 58.5 Å². The number of thiophene rings is 2. The highest BCUT2D eigenvalue weighted by molar-refractivity contribution is 7.16. The van der Waals surface area contributed by atoms with Crippen molar-refractivity contribution in [2.24, 2.45) is 10.8 Å². The number of pyridine rings is 2. The van der Waals surface area contributed by atoms with Crippen LogP contribution < -0.4 is 11.1 Å². The maximum Gasteiger partial charge on any atom is 0.252 e. The van der Waals surface area contributed by atoms with Gasteiger partial charge in [-0.05, 0) is 74.2 Å². The van der Waals surface area contributed by atoms with Gasteiger partial charge in [-0.1, -0.05) is 64.7 Å². The van der Waals surface area contributed by atoms with Crippen molar-refractivity contribution in [2.45, 2.75) is 73.8 Å². The molecule has 0 aliphatic carbocycles. The summed E-state index contributed by atoms with van der Waals surface area (Å²) in [7, 11) is 0. The van der Waals surface area contributed by atoms with Crippen molar-refractivity contribution in [3.05, 3.63) is 124 Å². The summed E-state index contributed by atoms with van der Waals surface area (Å²) in [5, 5.41) is 9.07. The first-order valence-corrected chi connectivity index (χ1v) is 26.1. The topological polar surface area (TPSA) is 184 Å². The fraction of sp³-hybridized carbons (Fsp3) is 0.440. The van der Waals surface area contributed by atoms with Crippen molar-refractivity contribution in [1.82, 2.24) is 38.9 Å². The molecule has 2 fully saturated rings. The van der Waals surface area contributed by atoms with Gasteiger partial charge in [0.1, 0.15) is 12.4 Å². The fourth-order valence-corrected chi connectivity index (χ4v) is 9.64. The highest BCUT2D eigenvalue weighted by Gasteiger charge is 2.29. The van der Waals surface area contributed by atoms with Crippen LogP contribution in [0.3, 0.4) is 0 Å². The molecule has 71 heavy (non-hydrogen) atoms. The predicted molar refractivity (Wildman–Crippen MR) is 279 cm³/mol. The Morgan fingerprint density at radius 1 is 0.634 bits per heavy atom. The monoisotopic (exact) mass is 1070 g/mol. The van der Waals surface area contributed by atoms with Crippen molar-refractivity contribution in [1.29, 1.82) is 0 Å². The Morgan fingerprint density at radius 3 is 1.51 bits per heavy atom. The van der Waals surface area contributed by atoms with Crippen LogP contribution in [0.4, 0.5) is 0 Å². The lowest BCUT2D eigenvalue weighted by molar-refractivity contribution is -0.136. The van der Waals surface area contributed by atoms with Crippen molar-refractivity contribution in [3.8, 4) is 22.5 Å². The third kappa shape index (κ3) is 15.6. The number of nitrogens with one attached hydrogen (secondary N) is 1. The van der Waals surface area contributed by atoms with E-state index in [1.807, 2.05) is 77.9 Å². The highest BCUT2D eigenvalue weighted by atomic mass is 35.5. The minimum absolute atomic E-state index is 0.00460. The number of rotatable bonds is 11. The molecule has 2 saturated heterocycles. The average Bonchev–Trinajstić information content (AvgIpc) is 4.17. The maximum absolute atomic E-state index is 13.1. The molecule has 2 aliphatic rings. The van der Waals surface area contributed by atoms with Crippen LogP contribution in [0.2, 0.25) is 8.67 Å². The van der Waals surface area contributed by atoms with Crippen molar-refractivity contribution >= 4 is 81.1 Å². The molecule has 21 heteroatoms. The lowest BCUT2D eigenvalue weighted by Gasteiger charge is -2.27. The molecule has 380 valence electrons. The van der Waals surface area contributed by atoms with Crippen LogP contribution in [0.25, 0.3) is 22.5 Å². The molecule has 8 rings (SSSR count). The smallest absolute Gasteiger partial charge is 0.252 e. The number of carbonyl (C=O) groups excluding carboxylic acids is 4. The van der Waals surface area contributed by atoms with Gasteiger partial charge in [0.2, 0.25) is 17.4 Å². The third-order valence-electron chi connectivity index (χ3n) is 11.3. The number of hydrogen-bond acceptors (Lipinski definition) is 12. The van der Waals surface area contributed by atoms with Gasteiger partial charge in [-0.3, -0.25) is 28.8 Å². The average molecular weight is 1070 g/mol. The zero-order valence-electron chi connectivity index (χ0n) is 40.7. The van der Waals surface area contributed by atoms with E-state index in [1.165, 1.54) is 48.7 Å². The van der Waals surface area contributed by atoms with Gasteiger partial charge in [0, 0.05) is 93.8 Å². The van der Waals surface area contributed by atoms with Crippen LogP contribution in [0.15, 0.2) is 82.6 Å². The fourth-order valence-electron chi connectivity index (χ4n) is 7.30. The van der Waals surface area contributed by atoms with E-state index in [9.17, 15) is 28.8 Å². The van der Waals surface area contributed by atoms with Crippen molar-refractivity contribution in [3.63, 3.8) is 0 Å². The van der Waals surface area contributed by atoms with E-state index in [-0.39, 0.29) is 47.2 Å². The second kappa shape index (κ2) is 25.0. The number of halogens is 3. The number of H-pyrrole nitrogens is 1. The number of amides is 2. The zero-order chi connectivity index (χ0) is 51.5. The normalized spacial score (nSPS) is 14.0. The molecule has 6 aromatic rings. The maximum atomic E-state index is 13.1. The number of morpholine rings is 2. The molecule has 0 unspecified atom stereocenters. The second-order valence-electron chi connectivity index (χ2n) is 18.8. The lowest BCUT2D eigenvalue weighted by atomic mass is 9.95. The van der Waals surface area contributed by atoms with Gasteiger partial charge < -0.3 is 28.8 Å². The summed E-state index contributed by atoms with van der Waals surface area (Å²) in [5.74, 6) is -0.218. The Morgan fingerprint density at radius 2 is 1.10 bits per heavy atom. The molecule has 2 aliphatic heterocycles. The largest absolute Gasteiger partial charge is 0.378 e. The van der Waals surface area contributed by atoms with Gasteiger partial charge >= 0.3 is 0 Å². The van der Waals surface area contributed by atoms with E-state index < -0.39 is 10.8 Å². The summed E-state index contributed by atoms with van der Waals surface area (Å²) in [5.41, 5.74) is 2.39. The first-order valence-electron chi connectivity index (χ1n) is 23.1. The lowest BCUT2D eigenvalue weighted by Crippen LogP contribution is -2.43. The number of aromatic nitrogens is 6. The number of hydrogen-bond donors (Lipinski definition) is 1. The van der Waals surface area contributed by atoms with E-state index in [0.717, 1.165) is 42.7 Å². The molecule has 6 aromatic heterocycles. The summed E-state index contributed by atoms with van der Waals surface area (Å²) in [6.45, 7) is 15.9. The summed E-state index contributed by atoms with van der Waals surface area (Å²) in [6.07, 6.45) is 5.95. The van der Waals surface area contributed by atoms with Crippen LogP contribution in [0, 0.1) is 10.8 Å². The van der Waals surface area contributed by atoms with Crippen LogP contribution >= 0.6 is 57.5 Å². The first-order chi connectivity index (χ1) is 33.7. The number of carbonyl (C=O) groups is 4. The molecule has 1 N–H and O–H groups in total. The van der Waals surface area contributed by atoms with Crippen LogP contribution in [0.1, 0.15) is 72.3 Å². The standard InChI is InChI=1S/C25H29ClN4O4S.C19H20ClN3O2S.C6H10ClNO2/c1-25(2,3)24(33)30-18(4-5-19-6-7-21(26)35-19)15-20(27-30)17-8-9-29(22(31)14-17)16-23(32)28-10-12-34-13-11-28;1-19(2,3)18(25)23-13(4-5-14-6-7-16(20)26-14)11-15(22-23)12-8-9-21-17(24)10-12;7-5-6(9)8-1-3-10-4-2-8/h6-9,14-15H,4-5,10-13,16H2,1-3H3;6-11H,4-5H2,1-3H3,(H,21,24);1-5H2. The van der Waals surface area contributed by atoms with E-state index in [1.54, 1.807) is 34.3 Å². The first kappa shape index (κ1) is 55.1. The Kier molecular flexibility index (Phi) is 19.4. The van der Waals surface area contributed by atoms with Crippen LogP contribution in [0.5, 0.6) is 0 Å². The molecule has 0 aromatic carbocycles. The quantitative estimate of drug-likeness (QED) is 0.124. The summed E-state index contributed by atoms with van der Waals surface area (Å²) in [6, 6.07) is 17.9. The summed E-state index contributed by atoms with van der Waals surface area (Å²) < 4.78 is 16.1. The highest BCUT2D eigenvalue weighted by Crippen LogP contribution is 2.28. The molecule has 0 radical (unpaired) electrons. The number of alkyl halides is 1. The minimum atomic E-state index is -0.618. The number of aryl methyl sites for hydroxylation is 4. The molecule has 0 atom stereocenters. The van der Waals surface area contributed by atoms with Gasteiger partial charge in [-0.25, -0.2) is 9.36 Å². The van der Waals surface area contributed by atoms with Gasteiger partial charge in [0.25, 0.3) is 17.4 Å². The molecular formula is C50H59Cl3N8O8S2. The van der Waals surface area contributed by atoms with E-state index in [2.05, 4.69) is 15.2 Å².